The fourth-order valence-electron chi connectivity index (χ4n) is 4.38. The van der Waals surface area contributed by atoms with Crippen LogP contribution in [-0.4, -0.2) is 80.0 Å². The lowest BCUT2D eigenvalue weighted by Crippen LogP contribution is -2.61. The van der Waals surface area contributed by atoms with E-state index in [9.17, 15) is 44.1 Å². The molecule has 0 aromatic heterocycles. The summed E-state index contributed by atoms with van der Waals surface area (Å²) in [5.74, 6) is -2.78. The number of ether oxygens (including phenoxy) is 3. The lowest BCUT2D eigenvalue weighted by molar-refractivity contribution is -0.224. The Hall–Kier alpha value is -4.30. The van der Waals surface area contributed by atoms with Crippen LogP contribution >= 0.6 is 7.82 Å². The molecule has 14 nitrogen and oxygen atoms in total. The number of anilines is 1. The van der Waals surface area contributed by atoms with Gasteiger partial charge >= 0.3 is 19.8 Å². The van der Waals surface area contributed by atoms with E-state index >= 15 is 0 Å². The summed E-state index contributed by atoms with van der Waals surface area (Å²) < 4.78 is 33.4. The Morgan fingerprint density at radius 2 is 1.40 bits per heavy atom. The van der Waals surface area contributed by atoms with Crippen molar-refractivity contribution < 1.29 is 62.8 Å². The van der Waals surface area contributed by atoms with Crippen LogP contribution in [0.25, 0.3) is 0 Å². The predicted molar refractivity (Wildman–Crippen MR) is 147 cm³/mol. The first kappa shape index (κ1) is 31.6. The fourth-order valence-corrected chi connectivity index (χ4v) is 4.94. The van der Waals surface area contributed by atoms with Gasteiger partial charge in [0.15, 0.2) is 11.9 Å². The number of aliphatic hydroxyl groups is 1. The minimum atomic E-state index is -5.35. The molecule has 3 aromatic rings. The van der Waals surface area contributed by atoms with Gasteiger partial charge in [0.2, 0.25) is 0 Å². The number of phosphoric ester groups is 1. The van der Waals surface area contributed by atoms with E-state index in [1.165, 1.54) is 60.7 Å². The second-order valence-electron chi connectivity index (χ2n) is 9.54. The summed E-state index contributed by atoms with van der Waals surface area (Å²) in [5.41, 5.74) is 5.96. The number of aromatic hydroxyl groups is 2. The highest BCUT2D eigenvalue weighted by Gasteiger charge is 2.51. The molecule has 15 heteroatoms. The summed E-state index contributed by atoms with van der Waals surface area (Å²) in [6, 6.07) is 16.0. The number of nitrogen functional groups attached to an aromatic ring is 1. The van der Waals surface area contributed by atoms with Crippen molar-refractivity contribution in [2.45, 2.75) is 36.9 Å². The van der Waals surface area contributed by atoms with Crippen LogP contribution in [0.2, 0.25) is 0 Å². The Labute approximate surface area is 244 Å². The lowest BCUT2D eigenvalue weighted by Gasteiger charge is -2.43. The maximum atomic E-state index is 13.1. The number of para-hydroxylation sites is 1. The first-order chi connectivity index (χ1) is 20.3. The largest absolute Gasteiger partial charge is 0.508 e. The van der Waals surface area contributed by atoms with Crippen molar-refractivity contribution in [3.05, 3.63) is 89.5 Å². The fraction of sp³-hybridized carbons (Fsp3) is 0.250. The molecule has 0 bridgehead atoms. The average molecular weight is 618 g/mol. The molecule has 7 N–H and O–H groups in total. The van der Waals surface area contributed by atoms with E-state index in [1.807, 2.05) is 0 Å². The summed E-state index contributed by atoms with van der Waals surface area (Å²) in [6.07, 6.45) is -9.20. The van der Waals surface area contributed by atoms with Gasteiger partial charge in [-0.3, -0.25) is 9.32 Å². The Kier molecular flexibility index (Phi) is 9.81. The topological polar surface area (TPSA) is 232 Å². The van der Waals surface area contributed by atoms with Crippen LogP contribution in [0.4, 0.5) is 5.69 Å². The first-order valence-electron chi connectivity index (χ1n) is 12.7. The van der Waals surface area contributed by atoms with Gasteiger partial charge in [0.1, 0.15) is 42.5 Å². The Balaban J connectivity index is 1.64. The monoisotopic (exact) mass is 617 g/mol. The molecule has 0 spiro atoms. The maximum Gasteiger partial charge on any atom is 0.470 e. The van der Waals surface area contributed by atoms with Crippen molar-refractivity contribution in [3.8, 4) is 11.5 Å². The van der Waals surface area contributed by atoms with Crippen LogP contribution in [0.1, 0.15) is 37.5 Å². The maximum absolute atomic E-state index is 13.1. The second kappa shape index (κ2) is 13.3. The molecular formula is C28H28NO13P. The lowest BCUT2D eigenvalue weighted by atomic mass is 9.91. The Bertz CT molecular complexity index is 1510. The number of hydrogen-bond donors (Lipinski definition) is 6. The number of benzene rings is 3. The highest BCUT2D eigenvalue weighted by Crippen LogP contribution is 2.43. The van der Waals surface area contributed by atoms with E-state index < -0.39 is 69.1 Å². The molecule has 0 aliphatic carbocycles. The van der Waals surface area contributed by atoms with E-state index in [1.54, 1.807) is 12.1 Å². The average Bonchev–Trinajstić information content (AvgIpc) is 2.95. The number of ketones is 1. The molecule has 5 atom stereocenters. The van der Waals surface area contributed by atoms with E-state index in [-0.39, 0.29) is 33.9 Å². The Morgan fingerprint density at radius 1 is 0.814 bits per heavy atom. The number of aliphatic hydroxyl groups excluding tert-OH is 1. The molecule has 0 radical (unpaired) electrons. The number of carbonyl (C=O) groups is 3. The zero-order chi connectivity index (χ0) is 31.3. The predicted octanol–water partition coefficient (Wildman–Crippen LogP) is 1.94. The van der Waals surface area contributed by atoms with E-state index in [0.29, 0.717) is 0 Å². The molecule has 0 amide bonds. The zero-order valence-electron chi connectivity index (χ0n) is 22.3. The zero-order valence-corrected chi connectivity index (χ0v) is 23.2. The van der Waals surface area contributed by atoms with Crippen LogP contribution in [0.5, 0.6) is 11.5 Å². The highest BCUT2D eigenvalue weighted by atomic mass is 31.2. The normalized spacial score (nSPS) is 22.0. The summed E-state index contributed by atoms with van der Waals surface area (Å²) >= 11 is 0. The molecule has 0 saturated carbocycles. The molecule has 0 unspecified atom stereocenters. The van der Waals surface area contributed by atoms with Crippen molar-refractivity contribution in [2.24, 2.45) is 0 Å². The van der Waals surface area contributed by atoms with Crippen LogP contribution < -0.4 is 5.73 Å². The number of esters is 2. The summed E-state index contributed by atoms with van der Waals surface area (Å²) in [7, 11) is -5.35. The summed E-state index contributed by atoms with van der Waals surface area (Å²) in [4.78, 5) is 58.0. The van der Waals surface area contributed by atoms with Gasteiger partial charge in [-0.1, -0.05) is 12.1 Å². The second-order valence-corrected chi connectivity index (χ2v) is 10.7. The van der Waals surface area contributed by atoms with Gasteiger partial charge in [-0.15, -0.1) is 0 Å². The third-order valence-electron chi connectivity index (χ3n) is 6.50. The standard InChI is InChI=1S/C28H28NO13P/c29-20-4-2-1-3-19(20)28(35)39-14-23-24(33)26(42-43(36,37)38)25(41-27(34)16-7-11-18(31)12-8-16)22(40-23)13-21(32)15-5-9-17(30)10-6-15/h1-12,22-26,30-31,33H,13-14,29H2,(H2,36,37,38)/t22-,23+,24+,25-,26-/m0/s1. The first-order valence-corrected chi connectivity index (χ1v) is 14.3. The van der Waals surface area contributed by atoms with E-state index in [0.717, 1.165) is 0 Å². The van der Waals surface area contributed by atoms with Gasteiger partial charge in [-0.25, -0.2) is 14.2 Å². The number of hydrogen-bond acceptors (Lipinski definition) is 12. The SMILES string of the molecule is Nc1ccccc1C(=O)OC[C@H]1O[C@@H](CC(=O)c2ccc(O)cc2)[C@H](OC(=O)c2ccc(O)cc2)[C@@H](OP(=O)(O)O)[C@@H]1O. The molecule has 4 rings (SSSR count). The molecule has 1 saturated heterocycles. The van der Waals surface area contributed by atoms with Gasteiger partial charge < -0.3 is 45.1 Å². The quantitative estimate of drug-likeness (QED) is 0.0826. The smallest absolute Gasteiger partial charge is 0.470 e. The third-order valence-corrected chi connectivity index (χ3v) is 7.02. The number of phosphoric acid groups is 1. The van der Waals surface area contributed by atoms with Crippen LogP contribution in [0.3, 0.4) is 0 Å². The minimum Gasteiger partial charge on any atom is -0.508 e. The van der Waals surface area contributed by atoms with Gasteiger partial charge in [0.05, 0.1) is 11.1 Å². The van der Waals surface area contributed by atoms with Crippen molar-refractivity contribution in [1.29, 1.82) is 0 Å². The van der Waals surface area contributed by atoms with Crippen molar-refractivity contribution >= 4 is 31.2 Å². The number of nitrogens with two attached hydrogens (primary N) is 1. The van der Waals surface area contributed by atoms with Crippen LogP contribution in [0.15, 0.2) is 72.8 Å². The minimum absolute atomic E-state index is 0.00980. The van der Waals surface area contributed by atoms with Crippen molar-refractivity contribution in [2.75, 3.05) is 12.3 Å². The summed E-state index contributed by atoms with van der Waals surface area (Å²) in [6.45, 7) is -0.669. The molecule has 228 valence electrons. The molecule has 3 aromatic carbocycles. The van der Waals surface area contributed by atoms with Gasteiger partial charge in [-0.2, -0.15) is 0 Å². The number of phenolic OH excluding ortho intramolecular Hbond substituents is 2. The highest BCUT2D eigenvalue weighted by molar-refractivity contribution is 7.46. The molecule has 1 aliphatic rings. The Morgan fingerprint density at radius 3 is 1.98 bits per heavy atom. The van der Waals surface area contributed by atoms with Crippen molar-refractivity contribution in [3.63, 3.8) is 0 Å². The van der Waals surface area contributed by atoms with E-state index in [4.69, 9.17) is 24.5 Å². The molecular weight excluding hydrogens is 589 g/mol. The summed E-state index contributed by atoms with van der Waals surface area (Å²) in [5, 5.41) is 30.2. The number of carbonyl (C=O) groups excluding carboxylic acids is 3. The van der Waals surface area contributed by atoms with Crippen LogP contribution in [0, 0.1) is 0 Å². The van der Waals surface area contributed by atoms with Gasteiger partial charge in [0.25, 0.3) is 0 Å². The van der Waals surface area contributed by atoms with Gasteiger partial charge in [-0.05, 0) is 60.7 Å². The van der Waals surface area contributed by atoms with Crippen molar-refractivity contribution in [1.82, 2.24) is 0 Å². The number of Topliss-reactive ketones (excluding diaryl/α,β-unsaturated/α-hetero) is 1. The molecule has 1 heterocycles. The van der Waals surface area contributed by atoms with Crippen LogP contribution in [-0.2, 0) is 23.3 Å². The van der Waals surface area contributed by atoms with E-state index in [2.05, 4.69) is 0 Å². The molecule has 1 aliphatic heterocycles. The number of rotatable bonds is 10. The molecule has 1 fully saturated rings. The van der Waals surface area contributed by atoms with Gasteiger partial charge in [0, 0.05) is 17.7 Å². The number of phenols is 2. The third kappa shape index (κ3) is 8.17. The molecule has 43 heavy (non-hydrogen) atoms.